The maximum absolute atomic E-state index is 3.42. The summed E-state index contributed by atoms with van der Waals surface area (Å²) < 4.78 is 0. The zero-order valence-electron chi connectivity index (χ0n) is 8.64. The Kier molecular flexibility index (Phi) is 4.02. The van der Waals surface area contributed by atoms with Crippen LogP contribution in [0.3, 0.4) is 0 Å². The van der Waals surface area contributed by atoms with Crippen molar-refractivity contribution < 1.29 is 0 Å². The summed E-state index contributed by atoms with van der Waals surface area (Å²) in [6, 6.07) is 1.49. The lowest BCUT2D eigenvalue weighted by atomic mass is 10.1. The van der Waals surface area contributed by atoms with Crippen molar-refractivity contribution in [1.29, 1.82) is 0 Å². The quantitative estimate of drug-likeness (QED) is 0.690. The van der Waals surface area contributed by atoms with E-state index in [9.17, 15) is 0 Å². The highest BCUT2D eigenvalue weighted by molar-refractivity contribution is 4.79. The van der Waals surface area contributed by atoms with Gasteiger partial charge in [0, 0.05) is 31.7 Å². The fraction of sp³-hybridized carbons (Fsp3) is 1.00. The minimum Gasteiger partial charge on any atom is -0.314 e. The SMILES string of the molecule is CCCC(C)N1CCNCC1C. The lowest BCUT2D eigenvalue weighted by Crippen LogP contribution is -2.53. The largest absolute Gasteiger partial charge is 0.314 e. The zero-order chi connectivity index (χ0) is 8.97. The highest BCUT2D eigenvalue weighted by Gasteiger charge is 2.21. The minimum absolute atomic E-state index is 0.722. The molecule has 0 aromatic heterocycles. The van der Waals surface area contributed by atoms with E-state index >= 15 is 0 Å². The van der Waals surface area contributed by atoms with Gasteiger partial charge in [0.2, 0.25) is 0 Å². The van der Waals surface area contributed by atoms with Gasteiger partial charge < -0.3 is 5.32 Å². The van der Waals surface area contributed by atoms with Crippen LogP contribution in [0, 0.1) is 0 Å². The summed E-state index contributed by atoms with van der Waals surface area (Å²) in [5.74, 6) is 0. The van der Waals surface area contributed by atoms with Gasteiger partial charge in [-0.15, -0.1) is 0 Å². The van der Waals surface area contributed by atoms with Gasteiger partial charge in [-0.1, -0.05) is 13.3 Å². The summed E-state index contributed by atoms with van der Waals surface area (Å²) in [5.41, 5.74) is 0. The van der Waals surface area contributed by atoms with Crippen molar-refractivity contribution in [3.05, 3.63) is 0 Å². The normalized spacial score (nSPS) is 28.8. The molecule has 0 aromatic rings. The van der Waals surface area contributed by atoms with Gasteiger partial charge in [0.1, 0.15) is 0 Å². The summed E-state index contributed by atoms with van der Waals surface area (Å²) in [6.07, 6.45) is 2.64. The second-order valence-corrected chi connectivity index (χ2v) is 3.93. The molecule has 0 spiro atoms. The van der Waals surface area contributed by atoms with E-state index in [4.69, 9.17) is 0 Å². The van der Waals surface area contributed by atoms with E-state index in [1.54, 1.807) is 0 Å². The average molecular weight is 170 g/mol. The molecule has 2 heteroatoms. The van der Waals surface area contributed by atoms with Crippen LogP contribution < -0.4 is 5.32 Å². The third-order valence-electron chi connectivity index (χ3n) is 2.83. The van der Waals surface area contributed by atoms with Crippen LogP contribution in [0.4, 0.5) is 0 Å². The fourth-order valence-corrected chi connectivity index (χ4v) is 2.10. The molecule has 0 amide bonds. The third kappa shape index (κ3) is 2.46. The number of nitrogens with one attached hydrogen (secondary N) is 1. The third-order valence-corrected chi connectivity index (χ3v) is 2.83. The first-order valence-electron chi connectivity index (χ1n) is 5.22. The molecule has 0 radical (unpaired) electrons. The van der Waals surface area contributed by atoms with Crippen molar-refractivity contribution in [3.63, 3.8) is 0 Å². The summed E-state index contributed by atoms with van der Waals surface area (Å²) in [4.78, 5) is 2.62. The Balaban J connectivity index is 2.36. The van der Waals surface area contributed by atoms with Crippen molar-refractivity contribution in [2.75, 3.05) is 19.6 Å². The van der Waals surface area contributed by atoms with Crippen molar-refractivity contribution in [1.82, 2.24) is 10.2 Å². The smallest absolute Gasteiger partial charge is 0.0195 e. The molecule has 72 valence electrons. The van der Waals surface area contributed by atoms with E-state index in [0.717, 1.165) is 18.6 Å². The van der Waals surface area contributed by atoms with E-state index < -0.39 is 0 Å². The van der Waals surface area contributed by atoms with Gasteiger partial charge in [0.25, 0.3) is 0 Å². The lowest BCUT2D eigenvalue weighted by molar-refractivity contribution is 0.120. The van der Waals surface area contributed by atoms with Crippen LogP contribution in [0.2, 0.25) is 0 Å². The second kappa shape index (κ2) is 4.83. The predicted octanol–water partition coefficient (Wildman–Crippen LogP) is 1.47. The topological polar surface area (TPSA) is 15.3 Å². The Labute approximate surface area is 76.3 Å². The van der Waals surface area contributed by atoms with Gasteiger partial charge in [-0.25, -0.2) is 0 Å². The number of hydrogen-bond donors (Lipinski definition) is 1. The fourth-order valence-electron chi connectivity index (χ4n) is 2.10. The summed E-state index contributed by atoms with van der Waals surface area (Å²) in [7, 11) is 0. The molecule has 1 N–H and O–H groups in total. The Bertz CT molecular complexity index is 125. The first-order valence-corrected chi connectivity index (χ1v) is 5.22. The highest BCUT2D eigenvalue weighted by Crippen LogP contribution is 2.11. The van der Waals surface area contributed by atoms with E-state index in [1.807, 2.05) is 0 Å². The van der Waals surface area contributed by atoms with E-state index in [2.05, 4.69) is 31.0 Å². The molecule has 1 heterocycles. The van der Waals surface area contributed by atoms with E-state index in [0.29, 0.717) is 0 Å². The standard InChI is InChI=1S/C10H22N2/c1-4-5-9(2)12-7-6-11-8-10(12)3/h9-11H,4-8H2,1-3H3. The molecule has 1 rings (SSSR count). The van der Waals surface area contributed by atoms with E-state index in [-0.39, 0.29) is 0 Å². The van der Waals surface area contributed by atoms with Crippen LogP contribution in [-0.4, -0.2) is 36.6 Å². The molecule has 2 unspecified atom stereocenters. The van der Waals surface area contributed by atoms with Gasteiger partial charge in [0.15, 0.2) is 0 Å². The van der Waals surface area contributed by atoms with Gasteiger partial charge in [0.05, 0.1) is 0 Å². The lowest BCUT2D eigenvalue weighted by Gasteiger charge is -2.38. The Morgan fingerprint density at radius 3 is 2.92 bits per heavy atom. The highest BCUT2D eigenvalue weighted by atomic mass is 15.2. The van der Waals surface area contributed by atoms with Crippen LogP contribution in [0.15, 0.2) is 0 Å². The van der Waals surface area contributed by atoms with Crippen LogP contribution in [0.1, 0.15) is 33.6 Å². The maximum Gasteiger partial charge on any atom is 0.0195 e. The van der Waals surface area contributed by atoms with Gasteiger partial charge in [-0.3, -0.25) is 4.90 Å². The first kappa shape index (κ1) is 10.0. The number of rotatable bonds is 3. The Morgan fingerprint density at radius 1 is 1.58 bits per heavy atom. The second-order valence-electron chi connectivity index (χ2n) is 3.93. The number of piperazine rings is 1. The number of hydrogen-bond acceptors (Lipinski definition) is 2. The molecule has 1 saturated heterocycles. The van der Waals surface area contributed by atoms with Crippen molar-refractivity contribution in [2.24, 2.45) is 0 Å². The van der Waals surface area contributed by atoms with Crippen LogP contribution >= 0.6 is 0 Å². The van der Waals surface area contributed by atoms with E-state index in [1.165, 1.54) is 25.9 Å². The summed E-state index contributed by atoms with van der Waals surface area (Å²) in [6.45, 7) is 10.5. The van der Waals surface area contributed by atoms with Crippen molar-refractivity contribution in [3.8, 4) is 0 Å². The molecule has 2 nitrogen and oxygen atoms in total. The molecular weight excluding hydrogens is 148 g/mol. The summed E-state index contributed by atoms with van der Waals surface area (Å²) >= 11 is 0. The number of nitrogens with zero attached hydrogens (tertiary/aromatic N) is 1. The molecule has 2 atom stereocenters. The van der Waals surface area contributed by atoms with Crippen LogP contribution in [-0.2, 0) is 0 Å². The minimum atomic E-state index is 0.722. The molecular formula is C10H22N2. The van der Waals surface area contributed by atoms with Gasteiger partial charge in [-0.2, -0.15) is 0 Å². The molecule has 1 fully saturated rings. The zero-order valence-corrected chi connectivity index (χ0v) is 8.64. The average Bonchev–Trinajstić information content (AvgIpc) is 2.05. The predicted molar refractivity (Wildman–Crippen MR) is 53.4 cm³/mol. The summed E-state index contributed by atoms with van der Waals surface area (Å²) in [5, 5.41) is 3.42. The monoisotopic (exact) mass is 170 g/mol. The maximum atomic E-state index is 3.42. The molecule has 1 aliphatic rings. The van der Waals surface area contributed by atoms with Crippen LogP contribution in [0.25, 0.3) is 0 Å². The molecule has 0 aromatic carbocycles. The first-order chi connectivity index (χ1) is 5.75. The molecule has 1 aliphatic heterocycles. The molecule has 0 saturated carbocycles. The molecule has 12 heavy (non-hydrogen) atoms. The van der Waals surface area contributed by atoms with Crippen molar-refractivity contribution in [2.45, 2.75) is 45.7 Å². The molecule has 0 bridgehead atoms. The van der Waals surface area contributed by atoms with Crippen molar-refractivity contribution >= 4 is 0 Å². The Hall–Kier alpha value is -0.0800. The Morgan fingerprint density at radius 2 is 2.33 bits per heavy atom. The van der Waals surface area contributed by atoms with Gasteiger partial charge >= 0.3 is 0 Å². The van der Waals surface area contributed by atoms with Gasteiger partial charge in [-0.05, 0) is 20.3 Å². The van der Waals surface area contributed by atoms with Crippen LogP contribution in [0.5, 0.6) is 0 Å². The molecule has 0 aliphatic carbocycles.